The molecule has 1 aromatic carbocycles. The molecular formula is C9H11ClFN3O3S. The van der Waals surface area contributed by atoms with Crippen LogP contribution in [0.5, 0.6) is 0 Å². The van der Waals surface area contributed by atoms with Gasteiger partial charge in [-0.25, -0.2) is 12.8 Å². The predicted octanol–water partition coefficient (Wildman–Crippen LogP) is 0.167. The summed E-state index contributed by atoms with van der Waals surface area (Å²) in [6.45, 7) is -0.518. The van der Waals surface area contributed by atoms with Crippen LogP contribution in [0.25, 0.3) is 0 Å². The number of benzene rings is 1. The Morgan fingerprint density at radius 3 is 2.56 bits per heavy atom. The van der Waals surface area contributed by atoms with E-state index in [0.717, 1.165) is 19.2 Å². The number of hydrogen-bond acceptors (Lipinski definition) is 4. The van der Waals surface area contributed by atoms with Crippen molar-refractivity contribution in [3.63, 3.8) is 0 Å². The highest BCUT2D eigenvalue weighted by atomic mass is 35.5. The molecule has 0 aromatic heterocycles. The molecule has 9 heteroatoms. The molecule has 0 atom stereocenters. The maximum Gasteiger partial charge on any atom is 0.244 e. The number of primary amides is 1. The molecule has 0 fully saturated rings. The number of amides is 1. The van der Waals surface area contributed by atoms with Crippen LogP contribution < -0.4 is 11.5 Å². The molecule has 100 valence electrons. The van der Waals surface area contributed by atoms with Crippen molar-refractivity contribution in [1.82, 2.24) is 4.31 Å². The van der Waals surface area contributed by atoms with E-state index in [1.54, 1.807) is 0 Å². The molecule has 0 spiro atoms. The number of halogens is 2. The number of hydrogen-bond donors (Lipinski definition) is 2. The maximum absolute atomic E-state index is 13.1. The summed E-state index contributed by atoms with van der Waals surface area (Å²) in [5.41, 5.74) is 9.82. The summed E-state index contributed by atoms with van der Waals surface area (Å²) in [6, 6.07) is 1.69. The fourth-order valence-corrected chi connectivity index (χ4v) is 2.87. The normalized spacial score (nSPS) is 11.8. The van der Waals surface area contributed by atoms with Crippen LogP contribution in [0, 0.1) is 5.82 Å². The van der Waals surface area contributed by atoms with Crippen LogP contribution in [-0.2, 0) is 14.8 Å². The van der Waals surface area contributed by atoms with Crippen LogP contribution in [0.4, 0.5) is 10.1 Å². The van der Waals surface area contributed by atoms with Gasteiger partial charge in [0.05, 0.1) is 17.3 Å². The number of carbonyl (C=O) groups is 1. The second kappa shape index (κ2) is 5.09. The van der Waals surface area contributed by atoms with Crippen molar-refractivity contribution in [3.05, 3.63) is 23.0 Å². The van der Waals surface area contributed by atoms with Crippen LogP contribution in [0.1, 0.15) is 0 Å². The highest BCUT2D eigenvalue weighted by Gasteiger charge is 2.25. The summed E-state index contributed by atoms with van der Waals surface area (Å²) in [7, 11) is -2.90. The van der Waals surface area contributed by atoms with E-state index in [4.69, 9.17) is 23.1 Å². The van der Waals surface area contributed by atoms with Crippen molar-refractivity contribution in [1.29, 1.82) is 0 Å². The summed E-state index contributed by atoms with van der Waals surface area (Å²) >= 11 is 5.65. The Kier molecular flexibility index (Phi) is 4.15. The zero-order valence-corrected chi connectivity index (χ0v) is 10.9. The van der Waals surface area contributed by atoms with E-state index < -0.39 is 28.3 Å². The van der Waals surface area contributed by atoms with Crippen molar-refractivity contribution in [3.8, 4) is 0 Å². The first-order chi connectivity index (χ1) is 8.16. The molecule has 4 N–H and O–H groups in total. The molecule has 0 saturated carbocycles. The summed E-state index contributed by atoms with van der Waals surface area (Å²) in [5, 5.41) is -0.321. The van der Waals surface area contributed by atoms with Crippen molar-refractivity contribution in [2.45, 2.75) is 4.90 Å². The lowest BCUT2D eigenvalue weighted by molar-refractivity contribution is -0.118. The summed E-state index contributed by atoms with van der Waals surface area (Å²) in [6.07, 6.45) is 0. The van der Waals surface area contributed by atoms with Gasteiger partial charge < -0.3 is 11.5 Å². The lowest BCUT2D eigenvalue weighted by Crippen LogP contribution is -2.35. The Morgan fingerprint density at radius 2 is 2.06 bits per heavy atom. The lowest BCUT2D eigenvalue weighted by Gasteiger charge is -2.16. The van der Waals surface area contributed by atoms with Gasteiger partial charge in [0.25, 0.3) is 0 Å². The minimum atomic E-state index is -4.05. The van der Waals surface area contributed by atoms with E-state index >= 15 is 0 Å². The molecule has 18 heavy (non-hydrogen) atoms. The monoisotopic (exact) mass is 295 g/mol. The third kappa shape index (κ3) is 2.89. The Bertz CT molecular complexity index is 591. The number of rotatable bonds is 4. The van der Waals surface area contributed by atoms with Crippen LogP contribution in [0.3, 0.4) is 0 Å². The molecule has 1 amide bonds. The van der Waals surface area contributed by atoms with Gasteiger partial charge in [-0.05, 0) is 12.1 Å². The summed E-state index contributed by atoms with van der Waals surface area (Å²) in [5.74, 6) is -1.65. The molecule has 1 rings (SSSR count). The Labute approximate surface area is 108 Å². The van der Waals surface area contributed by atoms with Crippen LogP contribution >= 0.6 is 11.6 Å². The van der Waals surface area contributed by atoms with E-state index in [-0.39, 0.29) is 15.6 Å². The van der Waals surface area contributed by atoms with Crippen LogP contribution in [0.2, 0.25) is 5.02 Å². The minimum absolute atomic E-state index is 0.321. The Hall–Kier alpha value is -1.38. The van der Waals surface area contributed by atoms with Gasteiger partial charge in [0.15, 0.2) is 0 Å². The molecule has 0 aliphatic rings. The number of anilines is 1. The molecule has 0 radical (unpaired) electrons. The van der Waals surface area contributed by atoms with E-state index in [9.17, 15) is 17.6 Å². The first kappa shape index (κ1) is 14.7. The smallest absolute Gasteiger partial charge is 0.244 e. The number of sulfonamides is 1. The fourth-order valence-electron chi connectivity index (χ4n) is 1.21. The van der Waals surface area contributed by atoms with Crippen molar-refractivity contribution < 1.29 is 17.6 Å². The third-order valence-corrected chi connectivity index (χ3v) is 4.39. The lowest BCUT2D eigenvalue weighted by atomic mass is 10.3. The molecule has 0 bridgehead atoms. The number of nitrogens with zero attached hydrogens (tertiary/aromatic N) is 1. The first-order valence-electron chi connectivity index (χ1n) is 4.65. The molecule has 0 aliphatic carbocycles. The van der Waals surface area contributed by atoms with Crippen molar-refractivity contribution in [2.24, 2.45) is 5.73 Å². The highest BCUT2D eigenvalue weighted by Crippen LogP contribution is 2.28. The van der Waals surface area contributed by atoms with Gasteiger partial charge in [-0.1, -0.05) is 11.6 Å². The largest absolute Gasteiger partial charge is 0.396 e. The predicted molar refractivity (Wildman–Crippen MR) is 64.8 cm³/mol. The van der Waals surface area contributed by atoms with E-state index in [1.165, 1.54) is 0 Å². The van der Waals surface area contributed by atoms with Gasteiger partial charge in [-0.3, -0.25) is 4.79 Å². The number of nitrogens with two attached hydrogens (primary N) is 2. The topological polar surface area (TPSA) is 106 Å². The van der Waals surface area contributed by atoms with Crippen molar-refractivity contribution >= 4 is 33.2 Å². The SMILES string of the molecule is CN(CC(N)=O)S(=O)(=O)c1cc(N)c(F)cc1Cl. The Morgan fingerprint density at radius 1 is 1.50 bits per heavy atom. The molecule has 1 aromatic rings. The molecule has 0 unspecified atom stereocenters. The molecule has 0 heterocycles. The quantitative estimate of drug-likeness (QED) is 0.772. The van der Waals surface area contributed by atoms with Gasteiger partial charge in [0, 0.05) is 7.05 Å². The second-order valence-electron chi connectivity index (χ2n) is 3.53. The number of likely N-dealkylation sites (N-methyl/N-ethyl adjacent to an activating group) is 1. The molecule has 0 aliphatic heterocycles. The standard InChI is InChI=1S/C9H11ClFN3O3S/c1-14(4-9(13)15)18(16,17)8-3-7(12)6(11)2-5(8)10/h2-3H,4,12H2,1H3,(H2,13,15). The average molecular weight is 296 g/mol. The van der Waals surface area contributed by atoms with Gasteiger partial charge in [0.1, 0.15) is 10.7 Å². The summed E-state index contributed by atoms with van der Waals surface area (Å²) < 4.78 is 37.8. The zero-order chi connectivity index (χ0) is 14.1. The zero-order valence-electron chi connectivity index (χ0n) is 9.35. The second-order valence-corrected chi connectivity index (χ2v) is 5.95. The first-order valence-corrected chi connectivity index (χ1v) is 6.47. The maximum atomic E-state index is 13.1. The summed E-state index contributed by atoms with van der Waals surface area (Å²) in [4.78, 5) is 10.3. The van der Waals surface area contributed by atoms with E-state index in [1.807, 2.05) is 0 Å². The Balaban J connectivity index is 3.29. The van der Waals surface area contributed by atoms with Crippen molar-refractivity contribution in [2.75, 3.05) is 19.3 Å². The van der Waals surface area contributed by atoms with E-state index in [2.05, 4.69) is 0 Å². The molecule has 6 nitrogen and oxygen atoms in total. The average Bonchev–Trinajstić information content (AvgIpc) is 2.22. The van der Waals surface area contributed by atoms with Gasteiger partial charge in [0.2, 0.25) is 15.9 Å². The van der Waals surface area contributed by atoms with Gasteiger partial charge in [-0.2, -0.15) is 4.31 Å². The fraction of sp³-hybridized carbons (Fsp3) is 0.222. The van der Waals surface area contributed by atoms with Crippen LogP contribution in [0.15, 0.2) is 17.0 Å². The number of nitrogen functional groups attached to an aromatic ring is 1. The molecular weight excluding hydrogens is 285 g/mol. The third-order valence-electron chi connectivity index (χ3n) is 2.12. The van der Waals surface area contributed by atoms with Gasteiger partial charge >= 0.3 is 0 Å². The highest BCUT2D eigenvalue weighted by molar-refractivity contribution is 7.89. The van der Waals surface area contributed by atoms with Crippen LogP contribution in [-0.4, -0.2) is 32.2 Å². The molecule has 0 saturated heterocycles. The van der Waals surface area contributed by atoms with E-state index in [0.29, 0.717) is 4.31 Å². The minimum Gasteiger partial charge on any atom is -0.396 e. The van der Waals surface area contributed by atoms with Gasteiger partial charge in [-0.15, -0.1) is 0 Å². The number of carbonyl (C=O) groups excluding carboxylic acids is 1.